The Balaban J connectivity index is 2.70. The van der Waals surface area contributed by atoms with Crippen LogP contribution < -0.4 is 11.1 Å². The first-order chi connectivity index (χ1) is 8.58. The molecule has 0 aliphatic rings. The van der Waals surface area contributed by atoms with Gasteiger partial charge in [-0.25, -0.2) is 0 Å². The number of nitrogens with two attached hydrogens (primary N) is 1. The lowest BCUT2D eigenvalue weighted by atomic mass is 10.1. The number of ether oxygens (including phenoxy) is 1. The van der Waals surface area contributed by atoms with Crippen LogP contribution >= 0.6 is 11.6 Å². The number of rotatable bonds is 6. The molecule has 0 saturated heterocycles. The highest BCUT2D eigenvalue weighted by Gasteiger charge is 2.13. The number of nitrogens with one attached hydrogen (secondary N) is 1. The fraction of sp³-hybridized carbons (Fsp3) is 0.462. The molecular formula is C13H19ClN2O2. The van der Waals surface area contributed by atoms with Gasteiger partial charge in [-0.05, 0) is 24.6 Å². The molecule has 1 unspecified atom stereocenters. The van der Waals surface area contributed by atoms with E-state index < -0.39 is 0 Å². The molecule has 100 valence electrons. The maximum atomic E-state index is 12.0. The van der Waals surface area contributed by atoms with Crippen molar-refractivity contribution in [2.45, 2.75) is 25.8 Å². The zero-order chi connectivity index (χ0) is 13.5. The van der Waals surface area contributed by atoms with Crippen LogP contribution in [0.15, 0.2) is 18.2 Å². The van der Waals surface area contributed by atoms with Gasteiger partial charge in [0.2, 0.25) is 0 Å². The van der Waals surface area contributed by atoms with Crippen LogP contribution in [0.4, 0.5) is 5.69 Å². The SMILES string of the molecule is CCCC(COC)NC(=O)c1ccc(N)c(Cl)c1. The highest BCUT2D eigenvalue weighted by Crippen LogP contribution is 2.19. The van der Waals surface area contributed by atoms with E-state index in [1.807, 2.05) is 0 Å². The third-order valence-corrected chi connectivity index (χ3v) is 2.93. The molecule has 0 aliphatic carbocycles. The van der Waals surface area contributed by atoms with Crippen molar-refractivity contribution in [1.29, 1.82) is 0 Å². The summed E-state index contributed by atoms with van der Waals surface area (Å²) in [4.78, 5) is 12.0. The Kier molecular flexibility index (Phi) is 5.95. The quantitative estimate of drug-likeness (QED) is 0.781. The molecule has 1 aromatic rings. The maximum Gasteiger partial charge on any atom is 0.251 e. The molecule has 5 heteroatoms. The van der Waals surface area contributed by atoms with E-state index in [9.17, 15) is 4.79 Å². The molecule has 1 atom stereocenters. The fourth-order valence-electron chi connectivity index (χ4n) is 1.68. The summed E-state index contributed by atoms with van der Waals surface area (Å²) in [5.41, 5.74) is 6.58. The Labute approximate surface area is 112 Å². The molecular weight excluding hydrogens is 252 g/mol. The Morgan fingerprint density at radius 3 is 2.83 bits per heavy atom. The largest absolute Gasteiger partial charge is 0.398 e. The second-order valence-corrected chi connectivity index (χ2v) is 4.56. The van der Waals surface area contributed by atoms with Gasteiger partial charge in [0.15, 0.2) is 0 Å². The number of hydrogen-bond acceptors (Lipinski definition) is 3. The summed E-state index contributed by atoms with van der Waals surface area (Å²) in [7, 11) is 1.62. The third kappa shape index (κ3) is 4.20. The number of carbonyl (C=O) groups excluding carboxylic acids is 1. The Morgan fingerprint density at radius 1 is 1.56 bits per heavy atom. The smallest absolute Gasteiger partial charge is 0.251 e. The Morgan fingerprint density at radius 2 is 2.28 bits per heavy atom. The molecule has 0 aromatic heterocycles. The van der Waals surface area contributed by atoms with Gasteiger partial charge in [-0.1, -0.05) is 24.9 Å². The van der Waals surface area contributed by atoms with Crippen molar-refractivity contribution in [3.63, 3.8) is 0 Å². The lowest BCUT2D eigenvalue weighted by Crippen LogP contribution is -2.37. The molecule has 0 radical (unpaired) electrons. The number of halogens is 1. The average molecular weight is 271 g/mol. The molecule has 0 bridgehead atoms. The predicted octanol–water partition coefficient (Wildman–Crippen LogP) is 2.47. The standard InChI is InChI=1S/C13H19ClN2O2/c1-3-4-10(8-18-2)16-13(17)9-5-6-12(15)11(14)7-9/h5-7,10H,3-4,8,15H2,1-2H3,(H,16,17). The zero-order valence-corrected chi connectivity index (χ0v) is 11.5. The molecule has 18 heavy (non-hydrogen) atoms. The number of methoxy groups -OCH3 is 1. The summed E-state index contributed by atoms with van der Waals surface area (Å²) in [6.45, 7) is 2.57. The second-order valence-electron chi connectivity index (χ2n) is 4.15. The molecule has 0 heterocycles. The summed E-state index contributed by atoms with van der Waals surface area (Å²) in [6, 6.07) is 4.88. The number of nitrogen functional groups attached to an aromatic ring is 1. The summed E-state index contributed by atoms with van der Waals surface area (Å²) < 4.78 is 5.08. The van der Waals surface area contributed by atoms with Gasteiger partial charge in [-0.15, -0.1) is 0 Å². The van der Waals surface area contributed by atoms with Crippen LogP contribution in [0.2, 0.25) is 5.02 Å². The average Bonchev–Trinajstić information content (AvgIpc) is 2.33. The van der Waals surface area contributed by atoms with Gasteiger partial charge < -0.3 is 15.8 Å². The molecule has 1 aromatic carbocycles. The first kappa shape index (κ1) is 14.8. The van der Waals surface area contributed by atoms with Crippen LogP contribution in [0.5, 0.6) is 0 Å². The van der Waals surface area contributed by atoms with Crippen LogP contribution in [-0.4, -0.2) is 25.7 Å². The molecule has 4 nitrogen and oxygen atoms in total. The van der Waals surface area contributed by atoms with Crippen molar-refractivity contribution in [2.24, 2.45) is 0 Å². The normalized spacial score (nSPS) is 12.2. The van der Waals surface area contributed by atoms with Gasteiger partial charge in [0.05, 0.1) is 23.4 Å². The van der Waals surface area contributed by atoms with Gasteiger partial charge in [0.25, 0.3) is 5.91 Å². The molecule has 3 N–H and O–H groups in total. The van der Waals surface area contributed by atoms with Crippen LogP contribution in [0.1, 0.15) is 30.1 Å². The van der Waals surface area contributed by atoms with E-state index >= 15 is 0 Å². The summed E-state index contributed by atoms with van der Waals surface area (Å²) >= 11 is 5.89. The Bertz CT molecular complexity index is 404. The summed E-state index contributed by atoms with van der Waals surface area (Å²) in [6.07, 6.45) is 1.86. The number of amides is 1. The van der Waals surface area contributed by atoms with E-state index in [1.54, 1.807) is 25.3 Å². The van der Waals surface area contributed by atoms with Crippen molar-refractivity contribution in [1.82, 2.24) is 5.32 Å². The van der Waals surface area contributed by atoms with E-state index in [4.69, 9.17) is 22.1 Å². The minimum absolute atomic E-state index is 0.0174. The van der Waals surface area contributed by atoms with E-state index in [-0.39, 0.29) is 11.9 Å². The van der Waals surface area contributed by atoms with Gasteiger partial charge in [0.1, 0.15) is 0 Å². The van der Waals surface area contributed by atoms with E-state index in [0.29, 0.717) is 22.9 Å². The van der Waals surface area contributed by atoms with Crippen molar-refractivity contribution in [2.75, 3.05) is 19.5 Å². The molecule has 1 amide bonds. The number of benzene rings is 1. The number of hydrogen-bond donors (Lipinski definition) is 2. The molecule has 0 fully saturated rings. The molecule has 0 saturated carbocycles. The van der Waals surface area contributed by atoms with Crippen molar-refractivity contribution >= 4 is 23.2 Å². The highest BCUT2D eigenvalue weighted by molar-refractivity contribution is 6.33. The second kappa shape index (κ2) is 7.24. The predicted molar refractivity (Wildman–Crippen MR) is 73.9 cm³/mol. The van der Waals surface area contributed by atoms with Crippen LogP contribution in [0, 0.1) is 0 Å². The van der Waals surface area contributed by atoms with Crippen molar-refractivity contribution in [3.05, 3.63) is 28.8 Å². The maximum absolute atomic E-state index is 12.0. The topological polar surface area (TPSA) is 64.3 Å². The van der Waals surface area contributed by atoms with Crippen LogP contribution in [0.25, 0.3) is 0 Å². The van der Waals surface area contributed by atoms with E-state index in [1.165, 1.54) is 0 Å². The van der Waals surface area contributed by atoms with Crippen molar-refractivity contribution in [3.8, 4) is 0 Å². The zero-order valence-electron chi connectivity index (χ0n) is 10.7. The molecule has 1 rings (SSSR count). The van der Waals surface area contributed by atoms with Gasteiger partial charge in [-0.3, -0.25) is 4.79 Å². The van der Waals surface area contributed by atoms with Crippen molar-refractivity contribution < 1.29 is 9.53 Å². The summed E-state index contributed by atoms with van der Waals surface area (Å²) in [5.74, 6) is -0.160. The molecule has 0 spiro atoms. The molecule has 0 aliphatic heterocycles. The Hall–Kier alpha value is -1.26. The van der Waals surface area contributed by atoms with Gasteiger partial charge in [-0.2, -0.15) is 0 Å². The lowest BCUT2D eigenvalue weighted by Gasteiger charge is -2.17. The van der Waals surface area contributed by atoms with E-state index in [2.05, 4.69) is 12.2 Å². The van der Waals surface area contributed by atoms with Crippen LogP contribution in [-0.2, 0) is 4.74 Å². The highest BCUT2D eigenvalue weighted by atomic mass is 35.5. The first-order valence-electron chi connectivity index (χ1n) is 5.93. The third-order valence-electron chi connectivity index (χ3n) is 2.60. The van der Waals surface area contributed by atoms with E-state index in [0.717, 1.165) is 12.8 Å². The number of carbonyl (C=O) groups is 1. The summed E-state index contributed by atoms with van der Waals surface area (Å²) in [5, 5.41) is 3.31. The van der Waals surface area contributed by atoms with Gasteiger partial charge >= 0.3 is 0 Å². The van der Waals surface area contributed by atoms with Crippen LogP contribution in [0.3, 0.4) is 0 Å². The minimum Gasteiger partial charge on any atom is -0.398 e. The number of anilines is 1. The minimum atomic E-state index is -0.160. The first-order valence-corrected chi connectivity index (χ1v) is 6.31. The monoisotopic (exact) mass is 270 g/mol. The lowest BCUT2D eigenvalue weighted by molar-refractivity contribution is 0.0891. The van der Waals surface area contributed by atoms with Gasteiger partial charge in [0, 0.05) is 12.7 Å². The fourth-order valence-corrected chi connectivity index (χ4v) is 1.86.